The highest BCUT2D eigenvalue weighted by atomic mass is 16.5. The summed E-state index contributed by atoms with van der Waals surface area (Å²) in [5.41, 5.74) is 1.12. The van der Waals surface area contributed by atoms with Crippen LogP contribution in [0.15, 0.2) is 12.1 Å². The fourth-order valence-corrected chi connectivity index (χ4v) is 4.90. The molecular weight excluding hydrogens is 382 g/mol. The monoisotopic (exact) mass is 421 g/mol. The molecule has 3 N–H and O–H groups in total. The van der Waals surface area contributed by atoms with Crippen LogP contribution in [0.4, 0.5) is 0 Å². The van der Waals surface area contributed by atoms with E-state index in [1.807, 2.05) is 6.07 Å². The lowest BCUT2D eigenvalue weighted by Crippen LogP contribution is -3.28. The van der Waals surface area contributed by atoms with E-state index in [0.717, 1.165) is 50.5 Å². The van der Waals surface area contributed by atoms with Gasteiger partial charge >= 0.3 is 0 Å². The van der Waals surface area contributed by atoms with Gasteiger partial charge in [-0.2, -0.15) is 0 Å². The van der Waals surface area contributed by atoms with Crippen LogP contribution in [0, 0.1) is 5.92 Å². The first-order chi connectivity index (χ1) is 14.5. The van der Waals surface area contributed by atoms with Crippen LogP contribution in [0.25, 0.3) is 0 Å². The van der Waals surface area contributed by atoms with E-state index in [0.29, 0.717) is 30.0 Å². The maximum Gasteiger partial charge on any atom is 0.275 e. The average Bonchev–Trinajstić information content (AvgIpc) is 2.76. The molecule has 0 radical (unpaired) electrons. The van der Waals surface area contributed by atoms with Crippen LogP contribution >= 0.6 is 0 Å². The summed E-state index contributed by atoms with van der Waals surface area (Å²) in [4.78, 5) is 15.4. The molecule has 0 bridgehead atoms. The summed E-state index contributed by atoms with van der Waals surface area (Å²) in [5.74, 6) is 2.90. The number of hydrogen-bond acceptors (Lipinski definition) is 4. The summed E-state index contributed by atoms with van der Waals surface area (Å²) in [5, 5.41) is 3.30. The molecule has 1 saturated heterocycles. The van der Waals surface area contributed by atoms with E-state index in [9.17, 15) is 4.79 Å². The molecule has 2 fully saturated rings. The molecule has 0 unspecified atom stereocenters. The summed E-state index contributed by atoms with van der Waals surface area (Å²) < 4.78 is 16.5. The van der Waals surface area contributed by atoms with E-state index in [2.05, 4.69) is 18.3 Å². The Morgan fingerprint density at radius 2 is 1.63 bits per heavy atom. The smallest absolute Gasteiger partial charge is 0.275 e. The Hall–Kier alpha value is -1.99. The summed E-state index contributed by atoms with van der Waals surface area (Å²) >= 11 is 0. The zero-order valence-corrected chi connectivity index (χ0v) is 19.0. The highest BCUT2D eigenvalue weighted by Gasteiger charge is 2.29. The number of ether oxygens (including phenoxy) is 3. The molecule has 0 aromatic heterocycles. The fraction of sp³-hybridized carbons (Fsp3) is 0.696. The average molecular weight is 422 g/mol. The number of benzene rings is 1. The van der Waals surface area contributed by atoms with E-state index in [-0.39, 0.29) is 5.91 Å². The number of piperazine rings is 1. The Kier molecular flexibility index (Phi) is 8.22. The van der Waals surface area contributed by atoms with Crippen LogP contribution in [-0.2, 0) is 11.3 Å². The molecule has 30 heavy (non-hydrogen) atoms. The summed E-state index contributed by atoms with van der Waals surface area (Å²) in [6.07, 6.45) is 4.91. The topological polar surface area (TPSA) is 65.7 Å². The van der Waals surface area contributed by atoms with Crippen molar-refractivity contribution in [2.24, 2.45) is 5.92 Å². The number of nitrogens with one attached hydrogen (secondary N) is 3. The Labute approximate surface area is 180 Å². The summed E-state index contributed by atoms with van der Waals surface area (Å²) in [6, 6.07) is 4.37. The van der Waals surface area contributed by atoms with Crippen molar-refractivity contribution in [2.45, 2.75) is 45.2 Å². The molecular formula is C23H39N3O4+2. The predicted octanol–water partition coefficient (Wildman–Crippen LogP) is -0.309. The van der Waals surface area contributed by atoms with Crippen molar-refractivity contribution in [1.29, 1.82) is 0 Å². The van der Waals surface area contributed by atoms with E-state index in [4.69, 9.17) is 14.2 Å². The van der Waals surface area contributed by atoms with Crippen LogP contribution in [0.1, 0.15) is 38.2 Å². The molecule has 7 nitrogen and oxygen atoms in total. The predicted molar refractivity (Wildman–Crippen MR) is 116 cm³/mol. The molecule has 7 heteroatoms. The number of rotatable bonds is 8. The van der Waals surface area contributed by atoms with Gasteiger partial charge in [-0.25, -0.2) is 0 Å². The molecule has 1 saturated carbocycles. The molecule has 1 heterocycles. The minimum absolute atomic E-state index is 0.216. The van der Waals surface area contributed by atoms with E-state index in [1.54, 1.807) is 21.3 Å². The largest absolute Gasteiger partial charge is 0.493 e. The van der Waals surface area contributed by atoms with Gasteiger partial charge in [-0.3, -0.25) is 4.79 Å². The van der Waals surface area contributed by atoms with Crippen molar-refractivity contribution in [3.05, 3.63) is 17.7 Å². The first-order valence-corrected chi connectivity index (χ1v) is 11.3. The number of carbonyl (C=O) groups excluding carboxylic acids is 1. The first kappa shape index (κ1) is 22.7. The third-order valence-corrected chi connectivity index (χ3v) is 6.76. The Morgan fingerprint density at radius 1 is 0.967 bits per heavy atom. The molecule has 2 atom stereocenters. The molecule has 1 aliphatic carbocycles. The van der Waals surface area contributed by atoms with Crippen molar-refractivity contribution in [3.63, 3.8) is 0 Å². The zero-order chi connectivity index (χ0) is 21.5. The minimum atomic E-state index is 0.216. The molecule has 1 aromatic carbocycles. The van der Waals surface area contributed by atoms with Crippen molar-refractivity contribution in [2.75, 3.05) is 54.1 Å². The maximum atomic E-state index is 12.5. The van der Waals surface area contributed by atoms with Crippen LogP contribution in [-0.4, -0.2) is 66.0 Å². The highest BCUT2D eigenvalue weighted by Crippen LogP contribution is 2.39. The van der Waals surface area contributed by atoms with E-state index >= 15 is 0 Å². The third-order valence-electron chi connectivity index (χ3n) is 6.76. The van der Waals surface area contributed by atoms with Crippen molar-refractivity contribution in [1.82, 2.24) is 5.32 Å². The zero-order valence-electron chi connectivity index (χ0n) is 19.0. The van der Waals surface area contributed by atoms with Gasteiger partial charge in [0.15, 0.2) is 18.0 Å². The quantitative estimate of drug-likeness (QED) is 0.539. The lowest BCUT2D eigenvalue weighted by Gasteiger charge is -2.32. The normalized spacial score (nSPS) is 26.7. The second-order valence-electron chi connectivity index (χ2n) is 8.78. The lowest BCUT2D eigenvalue weighted by atomic mass is 9.86. The van der Waals surface area contributed by atoms with Crippen molar-refractivity contribution < 1.29 is 28.8 Å². The van der Waals surface area contributed by atoms with Gasteiger partial charge in [0.05, 0.1) is 26.9 Å². The summed E-state index contributed by atoms with van der Waals surface area (Å²) in [7, 11) is 4.94. The van der Waals surface area contributed by atoms with Crippen LogP contribution < -0.4 is 29.3 Å². The van der Waals surface area contributed by atoms with Gasteiger partial charge in [-0.1, -0.05) is 19.8 Å². The van der Waals surface area contributed by atoms with Crippen LogP contribution in [0.2, 0.25) is 0 Å². The fourth-order valence-electron chi connectivity index (χ4n) is 4.90. The number of carbonyl (C=O) groups is 1. The molecule has 0 spiro atoms. The minimum Gasteiger partial charge on any atom is -0.493 e. The SMILES string of the molecule is COc1ccc(C[NH+]2CC[NH+](CC(=O)N[C@H]3CCCC[C@@H]3C)CC2)c(OC)c1OC. The van der Waals surface area contributed by atoms with E-state index < -0.39 is 0 Å². The standard InChI is InChI=1S/C23H37N3O4/c1-17-7-5-6-8-19(17)24-21(27)16-26-13-11-25(12-14-26)15-18-9-10-20(28-2)23(30-4)22(18)29-3/h9-10,17,19H,5-8,11-16H2,1-4H3,(H,24,27)/p+2/t17-,19-/m0/s1. The van der Waals surface area contributed by atoms with Gasteiger partial charge in [-0.15, -0.1) is 0 Å². The van der Waals surface area contributed by atoms with Crippen molar-refractivity contribution in [3.8, 4) is 17.2 Å². The Balaban J connectivity index is 1.49. The Bertz CT molecular complexity index is 704. The van der Waals surface area contributed by atoms with Gasteiger partial charge in [0.1, 0.15) is 32.7 Å². The van der Waals surface area contributed by atoms with Gasteiger partial charge in [0.25, 0.3) is 5.91 Å². The van der Waals surface area contributed by atoms with Gasteiger partial charge < -0.3 is 29.3 Å². The number of amides is 1. The van der Waals surface area contributed by atoms with Gasteiger partial charge in [0.2, 0.25) is 5.75 Å². The number of quaternary nitrogens is 2. The second kappa shape index (κ2) is 10.9. The molecule has 168 valence electrons. The third kappa shape index (κ3) is 5.58. The first-order valence-electron chi connectivity index (χ1n) is 11.3. The molecule has 1 aliphatic heterocycles. The molecule has 3 rings (SSSR count). The van der Waals surface area contributed by atoms with Gasteiger partial charge in [-0.05, 0) is 30.9 Å². The van der Waals surface area contributed by atoms with E-state index in [1.165, 1.54) is 29.1 Å². The van der Waals surface area contributed by atoms with Crippen molar-refractivity contribution >= 4 is 5.91 Å². The lowest BCUT2D eigenvalue weighted by molar-refractivity contribution is -1.02. The highest BCUT2D eigenvalue weighted by molar-refractivity contribution is 5.77. The van der Waals surface area contributed by atoms with Gasteiger partial charge in [0, 0.05) is 6.04 Å². The molecule has 1 aromatic rings. The number of hydrogen-bond donors (Lipinski definition) is 3. The molecule has 2 aliphatic rings. The second-order valence-corrected chi connectivity index (χ2v) is 8.78. The van der Waals surface area contributed by atoms with Crippen LogP contribution in [0.5, 0.6) is 17.2 Å². The Morgan fingerprint density at radius 3 is 2.27 bits per heavy atom. The molecule has 1 amide bonds. The maximum absolute atomic E-state index is 12.5. The summed E-state index contributed by atoms with van der Waals surface area (Å²) in [6.45, 7) is 7.84. The number of methoxy groups -OCH3 is 3. The van der Waals surface area contributed by atoms with Crippen LogP contribution in [0.3, 0.4) is 0 Å².